The standard InChI is InChI=1S/C18H25N3O3.ClH/c1-18(8-4-9-19-12-18)17(23)20-13-6-7-14(15(11-13)24-2)21-10-3-5-16(21)22;/h6-7,11,19H,3-5,8-10,12H2,1-2H3,(H,20,23);1H. The number of hydrogen-bond donors (Lipinski definition) is 2. The summed E-state index contributed by atoms with van der Waals surface area (Å²) in [5, 5.41) is 6.28. The van der Waals surface area contributed by atoms with Crippen molar-refractivity contribution in [3.05, 3.63) is 18.2 Å². The number of carbonyl (C=O) groups is 2. The molecular formula is C18H26ClN3O3. The fourth-order valence-corrected chi connectivity index (χ4v) is 3.41. The summed E-state index contributed by atoms with van der Waals surface area (Å²) in [6, 6.07) is 5.47. The number of ether oxygens (including phenoxy) is 1. The van der Waals surface area contributed by atoms with Gasteiger partial charge in [0, 0.05) is 31.3 Å². The van der Waals surface area contributed by atoms with E-state index in [1.807, 2.05) is 19.1 Å². The first-order valence-corrected chi connectivity index (χ1v) is 8.54. The molecule has 1 aromatic rings. The van der Waals surface area contributed by atoms with Gasteiger partial charge in [0.1, 0.15) is 5.75 Å². The smallest absolute Gasteiger partial charge is 0.231 e. The van der Waals surface area contributed by atoms with Crippen molar-refractivity contribution >= 4 is 35.6 Å². The van der Waals surface area contributed by atoms with Gasteiger partial charge in [-0.15, -0.1) is 12.4 Å². The fraction of sp³-hybridized carbons (Fsp3) is 0.556. The molecule has 1 unspecified atom stereocenters. The van der Waals surface area contributed by atoms with Crippen molar-refractivity contribution in [2.45, 2.75) is 32.6 Å². The van der Waals surface area contributed by atoms with Crippen molar-refractivity contribution in [1.82, 2.24) is 5.32 Å². The van der Waals surface area contributed by atoms with E-state index in [-0.39, 0.29) is 24.2 Å². The summed E-state index contributed by atoms with van der Waals surface area (Å²) < 4.78 is 5.44. The molecule has 2 heterocycles. The maximum atomic E-state index is 12.6. The predicted molar refractivity (Wildman–Crippen MR) is 101 cm³/mol. The Morgan fingerprint density at radius 2 is 2.16 bits per heavy atom. The van der Waals surface area contributed by atoms with Crippen molar-refractivity contribution in [3.63, 3.8) is 0 Å². The Morgan fingerprint density at radius 3 is 2.76 bits per heavy atom. The molecule has 1 atom stereocenters. The van der Waals surface area contributed by atoms with Crippen LogP contribution < -0.4 is 20.3 Å². The molecule has 7 heteroatoms. The van der Waals surface area contributed by atoms with Crippen molar-refractivity contribution < 1.29 is 14.3 Å². The van der Waals surface area contributed by atoms with Gasteiger partial charge in [-0.05, 0) is 44.9 Å². The lowest BCUT2D eigenvalue weighted by molar-refractivity contribution is -0.125. The Bertz CT molecular complexity index is 644. The van der Waals surface area contributed by atoms with Gasteiger partial charge in [0.25, 0.3) is 0 Å². The molecule has 2 saturated heterocycles. The molecule has 0 aliphatic carbocycles. The van der Waals surface area contributed by atoms with Crippen molar-refractivity contribution in [1.29, 1.82) is 0 Å². The number of piperidine rings is 1. The summed E-state index contributed by atoms with van der Waals surface area (Å²) in [5.74, 6) is 0.739. The van der Waals surface area contributed by atoms with Crippen LogP contribution in [0.25, 0.3) is 0 Å². The van der Waals surface area contributed by atoms with Crippen LogP contribution in [0.1, 0.15) is 32.6 Å². The molecular weight excluding hydrogens is 342 g/mol. The molecule has 25 heavy (non-hydrogen) atoms. The summed E-state index contributed by atoms with van der Waals surface area (Å²) in [4.78, 5) is 26.3. The van der Waals surface area contributed by atoms with Crippen LogP contribution in [0, 0.1) is 5.41 Å². The van der Waals surface area contributed by atoms with Crippen LogP contribution in [0.4, 0.5) is 11.4 Å². The number of anilines is 2. The van der Waals surface area contributed by atoms with Crippen LogP contribution in [0.5, 0.6) is 5.75 Å². The third kappa shape index (κ3) is 4.07. The molecule has 138 valence electrons. The van der Waals surface area contributed by atoms with Gasteiger partial charge < -0.3 is 20.3 Å². The topological polar surface area (TPSA) is 70.7 Å². The van der Waals surface area contributed by atoms with Crippen LogP contribution in [0.15, 0.2) is 18.2 Å². The largest absolute Gasteiger partial charge is 0.494 e. The normalized spacial score (nSPS) is 23.1. The molecule has 6 nitrogen and oxygen atoms in total. The number of amides is 2. The number of hydrogen-bond acceptors (Lipinski definition) is 4. The number of methoxy groups -OCH3 is 1. The van der Waals surface area contributed by atoms with Gasteiger partial charge in [-0.2, -0.15) is 0 Å². The molecule has 0 saturated carbocycles. The second-order valence-corrected chi connectivity index (χ2v) is 6.83. The highest BCUT2D eigenvalue weighted by Crippen LogP contribution is 2.35. The molecule has 2 fully saturated rings. The minimum Gasteiger partial charge on any atom is -0.494 e. The van der Waals surface area contributed by atoms with E-state index in [2.05, 4.69) is 10.6 Å². The Kier molecular flexibility index (Phi) is 6.30. The van der Waals surface area contributed by atoms with Gasteiger partial charge in [-0.1, -0.05) is 0 Å². The third-order valence-electron chi connectivity index (χ3n) is 4.95. The van der Waals surface area contributed by atoms with Crippen molar-refractivity contribution in [2.75, 3.05) is 37.0 Å². The van der Waals surface area contributed by atoms with Gasteiger partial charge in [-0.25, -0.2) is 0 Å². The zero-order valence-corrected chi connectivity index (χ0v) is 15.6. The van der Waals surface area contributed by atoms with E-state index in [4.69, 9.17) is 4.74 Å². The van der Waals surface area contributed by atoms with E-state index in [0.29, 0.717) is 30.9 Å². The average Bonchev–Trinajstić information content (AvgIpc) is 3.01. The molecule has 0 aromatic heterocycles. The van der Waals surface area contributed by atoms with E-state index in [1.165, 1.54) is 0 Å². The highest BCUT2D eigenvalue weighted by molar-refractivity contribution is 5.98. The van der Waals surface area contributed by atoms with E-state index >= 15 is 0 Å². The van der Waals surface area contributed by atoms with Gasteiger partial charge in [0.2, 0.25) is 11.8 Å². The third-order valence-corrected chi connectivity index (χ3v) is 4.95. The van der Waals surface area contributed by atoms with Crippen LogP contribution in [-0.4, -0.2) is 38.6 Å². The van der Waals surface area contributed by atoms with Crippen LogP contribution in [0.3, 0.4) is 0 Å². The number of halogens is 1. The number of rotatable bonds is 4. The molecule has 0 spiro atoms. The summed E-state index contributed by atoms with van der Waals surface area (Å²) in [7, 11) is 1.58. The Labute approximate surface area is 154 Å². The molecule has 2 aliphatic heterocycles. The molecule has 0 radical (unpaired) electrons. The lowest BCUT2D eigenvalue weighted by Crippen LogP contribution is -2.46. The van der Waals surface area contributed by atoms with Gasteiger partial charge in [-0.3, -0.25) is 9.59 Å². The minimum atomic E-state index is -0.394. The molecule has 2 aliphatic rings. The zero-order chi connectivity index (χ0) is 17.2. The van der Waals surface area contributed by atoms with E-state index in [1.54, 1.807) is 18.1 Å². The fourth-order valence-electron chi connectivity index (χ4n) is 3.41. The molecule has 0 bridgehead atoms. The summed E-state index contributed by atoms with van der Waals surface area (Å²) >= 11 is 0. The van der Waals surface area contributed by atoms with Gasteiger partial charge in [0.05, 0.1) is 18.2 Å². The Morgan fingerprint density at radius 1 is 1.36 bits per heavy atom. The lowest BCUT2D eigenvalue weighted by atomic mass is 9.82. The SMILES string of the molecule is COc1cc(NC(=O)C2(C)CCCNC2)ccc1N1CCCC1=O.Cl. The van der Waals surface area contributed by atoms with Crippen molar-refractivity contribution in [3.8, 4) is 5.75 Å². The first kappa shape index (κ1) is 19.5. The Hall–Kier alpha value is -1.79. The summed E-state index contributed by atoms with van der Waals surface area (Å²) in [6.07, 6.45) is 3.32. The Balaban J connectivity index is 0.00000225. The summed E-state index contributed by atoms with van der Waals surface area (Å²) in [6.45, 7) is 4.36. The van der Waals surface area contributed by atoms with Crippen LogP contribution in [-0.2, 0) is 9.59 Å². The number of carbonyl (C=O) groups excluding carboxylic acids is 2. The molecule has 2 N–H and O–H groups in total. The molecule has 2 amide bonds. The summed E-state index contributed by atoms with van der Waals surface area (Å²) in [5.41, 5.74) is 1.07. The highest BCUT2D eigenvalue weighted by atomic mass is 35.5. The maximum absolute atomic E-state index is 12.6. The van der Waals surface area contributed by atoms with E-state index in [0.717, 1.165) is 31.5 Å². The first-order valence-electron chi connectivity index (χ1n) is 8.54. The first-order chi connectivity index (χ1) is 11.5. The van der Waals surface area contributed by atoms with Crippen molar-refractivity contribution in [2.24, 2.45) is 5.41 Å². The van der Waals surface area contributed by atoms with Gasteiger partial charge >= 0.3 is 0 Å². The van der Waals surface area contributed by atoms with Crippen LogP contribution >= 0.6 is 12.4 Å². The quantitative estimate of drug-likeness (QED) is 0.858. The van der Waals surface area contributed by atoms with Crippen LogP contribution in [0.2, 0.25) is 0 Å². The average molecular weight is 368 g/mol. The van der Waals surface area contributed by atoms with Gasteiger partial charge in [0.15, 0.2) is 0 Å². The van der Waals surface area contributed by atoms with E-state index in [9.17, 15) is 9.59 Å². The number of nitrogens with zero attached hydrogens (tertiary/aromatic N) is 1. The molecule has 3 rings (SSSR count). The maximum Gasteiger partial charge on any atom is 0.231 e. The predicted octanol–water partition coefficient (Wildman–Crippen LogP) is 2.57. The minimum absolute atomic E-state index is 0. The number of nitrogens with one attached hydrogen (secondary N) is 2. The van der Waals surface area contributed by atoms with E-state index < -0.39 is 5.41 Å². The molecule has 1 aromatic carbocycles. The highest BCUT2D eigenvalue weighted by Gasteiger charge is 2.34. The lowest BCUT2D eigenvalue weighted by Gasteiger charge is -2.32. The number of benzene rings is 1. The zero-order valence-electron chi connectivity index (χ0n) is 14.8. The second-order valence-electron chi connectivity index (χ2n) is 6.83. The monoisotopic (exact) mass is 367 g/mol. The second kappa shape index (κ2) is 8.06.